The normalized spacial score (nSPS) is 15.7. The van der Waals surface area contributed by atoms with Crippen LogP contribution < -0.4 is 0 Å². The smallest absolute Gasteiger partial charge is 0.306 e. The molecular weight excluding hydrogens is 664 g/mol. The molecule has 0 bridgehead atoms. The lowest BCUT2D eigenvalue weighted by Crippen LogP contribution is -2.76. The number of carbonyl (C=O) groups excluding carboxylic acids is 4. The van der Waals surface area contributed by atoms with Crippen molar-refractivity contribution in [3.05, 3.63) is 0 Å². The van der Waals surface area contributed by atoms with Crippen LogP contribution in [0.25, 0.3) is 0 Å². The Bertz CT molecular complexity index is 955. The van der Waals surface area contributed by atoms with Crippen molar-refractivity contribution in [2.24, 2.45) is 0 Å². The Kier molecular flexibility index (Phi) is 29.6. The van der Waals surface area contributed by atoms with E-state index in [4.69, 9.17) is 4.74 Å². The molecule has 0 saturated heterocycles. The van der Waals surface area contributed by atoms with E-state index in [1.54, 1.807) is 0 Å². The summed E-state index contributed by atoms with van der Waals surface area (Å²) in [7, 11) is 0. The molecule has 0 amide bonds. The van der Waals surface area contributed by atoms with Crippen molar-refractivity contribution in [1.29, 1.82) is 0 Å². The number of rotatable bonds is 37. The Morgan fingerprint density at radius 2 is 0.808 bits per heavy atom. The molecule has 0 aromatic heterocycles. The minimum Gasteiger partial charge on any atom is -0.457 e. The van der Waals surface area contributed by atoms with Gasteiger partial charge in [0.1, 0.15) is 6.10 Å². The molecular formula is C42H78O10. The molecule has 5 atom stereocenters. The largest absolute Gasteiger partial charge is 0.457 e. The molecule has 0 aromatic carbocycles. The number of carbonyl (C=O) groups is 4. The van der Waals surface area contributed by atoms with Gasteiger partial charge in [0.05, 0.1) is 6.61 Å². The first-order valence-corrected chi connectivity index (χ1v) is 21.1. The number of aliphatic hydroxyl groups excluding tert-OH is 3. The number of unbranched alkanes of at least 4 members (excludes halogenated alkanes) is 20. The number of ether oxygens (including phenoxy) is 1. The van der Waals surface area contributed by atoms with Crippen LogP contribution in [-0.4, -0.2) is 85.0 Å². The SMILES string of the molecule is CCCCCCCCC(=O)O[C@H](CO)[C@@H](O)[C@@](O)(C(=O)CCCCCCCC)[C@](O)(C(=O)CCCCCCCC)C(O)C(=O)CCCCCCCC. The van der Waals surface area contributed by atoms with Gasteiger partial charge in [0.15, 0.2) is 40.8 Å². The number of aliphatic hydroxyl groups is 5. The molecule has 0 spiro atoms. The van der Waals surface area contributed by atoms with Gasteiger partial charge in [-0.25, -0.2) is 0 Å². The Hall–Kier alpha value is -1.72. The second-order valence-electron chi connectivity index (χ2n) is 15.0. The third-order valence-electron chi connectivity index (χ3n) is 10.4. The summed E-state index contributed by atoms with van der Waals surface area (Å²) < 4.78 is 5.38. The predicted octanol–water partition coefficient (Wildman–Crippen LogP) is 7.78. The molecule has 306 valence electrons. The molecule has 52 heavy (non-hydrogen) atoms. The first-order valence-electron chi connectivity index (χ1n) is 21.1. The fourth-order valence-electron chi connectivity index (χ4n) is 6.89. The van der Waals surface area contributed by atoms with E-state index in [1.807, 2.05) is 0 Å². The molecule has 10 nitrogen and oxygen atoms in total. The van der Waals surface area contributed by atoms with Gasteiger partial charge >= 0.3 is 5.97 Å². The summed E-state index contributed by atoms with van der Waals surface area (Å²) in [6, 6.07) is 0. The third-order valence-corrected chi connectivity index (χ3v) is 10.4. The summed E-state index contributed by atoms with van der Waals surface area (Å²) in [5, 5.41) is 58.3. The van der Waals surface area contributed by atoms with Crippen LogP contribution in [0.4, 0.5) is 0 Å². The number of ketones is 3. The van der Waals surface area contributed by atoms with Crippen LogP contribution in [0.2, 0.25) is 0 Å². The van der Waals surface area contributed by atoms with E-state index in [-0.39, 0.29) is 38.5 Å². The molecule has 10 heteroatoms. The Morgan fingerprint density at radius 1 is 0.481 bits per heavy atom. The van der Waals surface area contributed by atoms with Crippen LogP contribution in [0.15, 0.2) is 0 Å². The van der Waals surface area contributed by atoms with Crippen molar-refractivity contribution in [3.63, 3.8) is 0 Å². The summed E-state index contributed by atoms with van der Waals surface area (Å²) >= 11 is 0. The first kappa shape index (κ1) is 50.3. The molecule has 0 aliphatic rings. The van der Waals surface area contributed by atoms with Gasteiger partial charge in [0.25, 0.3) is 0 Å². The van der Waals surface area contributed by atoms with E-state index >= 15 is 0 Å². The lowest BCUT2D eigenvalue weighted by Gasteiger charge is -2.47. The van der Waals surface area contributed by atoms with Gasteiger partial charge < -0.3 is 30.3 Å². The second kappa shape index (κ2) is 30.6. The predicted molar refractivity (Wildman–Crippen MR) is 206 cm³/mol. The highest BCUT2D eigenvalue weighted by molar-refractivity contribution is 6.04. The molecule has 0 saturated carbocycles. The van der Waals surface area contributed by atoms with Crippen molar-refractivity contribution in [2.75, 3.05) is 6.61 Å². The molecule has 0 radical (unpaired) electrons. The van der Waals surface area contributed by atoms with Gasteiger partial charge in [-0.1, -0.05) is 156 Å². The molecule has 0 fully saturated rings. The van der Waals surface area contributed by atoms with Gasteiger partial charge in [-0.05, 0) is 25.7 Å². The highest BCUT2D eigenvalue weighted by Gasteiger charge is 2.68. The van der Waals surface area contributed by atoms with Crippen molar-refractivity contribution in [2.45, 2.75) is 237 Å². The Morgan fingerprint density at radius 3 is 1.19 bits per heavy atom. The topological polar surface area (TPSA) is 179 Å². The maximum atomic E-state index is 14.1. The van der Waals surface area contributed by atoms with Crippen LogP contribution in [0.3, 0.4) is 0 Å². The zero-order valence-corrected chi connectivity index (χ0v) is 33.5. The van der Waals surface area contributed by atoms with E-state index in [2.05, 4.69) is 27.7 Å². The molecule has 0 aliphatic heterocycles. The zero-order valence-electron chi connectivity index (χ0n) is 33.5. The number of esters is 1. The maximum absolute atomic E-state index is 14.1. The molecule has 1 unspecified atom stereocenters. The van der Waals surface area contributed by atoms with E-state index in [0.717, 1.165) is 109 Å². The van der Waals surface area contributed by atoms with Crippen LogP contribution in [0.1, 0.15) is 207 Å². The van der Waals surface area contributed by atoms with Crippen LogP contribution in [0, 0.1) is 0 Å². The van der Waals surface area contributed by atoms with Crippen LogP contribution in [-0.2, 0) is 23.9 Å². The molecule has 0 aromatic rings. The van der Waals surface area contributed by atoms with Crippen molar-refractivity contribution < 1.29 is 49.4 Å². The average Bonchev–Trinajstić information content (AvgIpc) is 3.14. The van der Waals surface area contributed by atoms with Gasteiger partial charge in [-0.15, -0.1) is 0 Å². The highest BCUT2D eigenvalue weighted by atomic mass is 16.6. The second-order valence-corrected chi connectivity index (χ2v) is 15.0. The summed E-state index contributed by atoms with van der Waals surface area (Å²) in [6.45, 7) is 7.30. The third kappa shape index (κ3) is 18.1. The highest BCUT2D eigenvalue weighted by Crippen LogP contribution is 2.38. The average molecular weight is 743 g/mol. The standard InChI is InChI=1S/C42H78O10/c1-5-9-13-17-21-25-29-34(44)39(48)41(50,36(45)30-26-22-18-14-10-6-2)42(51,37(46)31-27-23-19-15-11-7-3)40(49)35(33-43)52-38(47)32-28-24-20-16-12-8-4/h35,39-40,43,48-51H,5-33H2,1-4H3/t35-,39?,40-,41+,42+/m1/s1. The molecule has 0 rings (SSSR count). The first-order chi connectivity index (χ1) is 24.9. The maximum Gasteiger partial charge on any atom is 0.306 e. The van der Waals surface area contributed by atoms with Crippen LogP contribution >= 0.6 is 0 Å². The Balaban J connectivity index is 6.56. The lowest BCUT2D eigenvalue weighted by molar-refractivity contribution is -0.242. The van der Waals surface area contributed by atoms with Gasteiger partial charge in [-0.3, -0.25) is 19.2 Å². The van der Waals surface area contributed by atoms with Crippen molar-refractivity contribution in [1.82, 2.24) is 0 Å². The quantitative estimate of drug-likeness (QED) is 0.0312. The summed E-state index contributed by atoms with van der Waals surface area (Å²) in [5.74, 6) is -4.04. The molecule has 5 N–H and O–H groups in total. The zero-order chi connectivity index (χ0) is 39.3. The molecule has 0 aliphatic carbocycles. The monoisotopic (exact) mass is 743 g/mol. The number of hydrogen-bond donors (Lipinski definition) is 5. The van der Waals surface area contributed by atoms with Crippen molar-refractivity contribution in [3.8, 4) is 0 Å². The van der Waals surface area contributed by atoms with E-state index in [9.17, 15) is 44.7 Å². The minimum absolute atomic E-state index is 0.0416. The van der Waals surface area contributed by atoms with E-state index in [1.165, 1.54) is 0 Å². The minimum atomic E-state index is -3.46. The summed E-state index contributed by atoms with van der Waals surface area (Å²) in [5.41, 5.74) is -6.91. The fraction of sp³-hybridized carbons (Fsp3) is 0.905. The van der Waals surface area contributed by atoms with E-state index < -0.39 is 59.4 Å². The fourth-order valence-corrected chi connectivity index (χ4v) is 6.89. The number of hydrogen-bond acceptors (Lipinski definition) is 10. The van der Waals surface area contributed by atoms with Gasteiger partial charge in [0.2, 0.25) is 0 Å². The summed E-state index contributed by atoms with van der Waals surface area (Å²) in [4.78, 5) is 54.6. The van der Waals surface area contributed by atoms with E-state index in [0.29, 0.717) is 32.1 Å². The van der Waals surface area contributed by atoms with Crippen molar-refractivity contribution >= 4 is 23.3 Å². The van der Waals surface area contributed by atoms with Gasteiger partial charge in [-0.2, -0.15) is 0 Å². The molecule has 0 heterocycles. The van der Waals surface area contributed by atoms with Gasteiger partial charge in [0, 0.05) is 25.7 Å². The number of Topliss-reactive ketones (excluding diaryl/α,β-unsaturated/α-hetero) is 3. The lowest BCUT2D eigenvalue weighted by atomic mass is 9.66. The summed E-state index contributed by atoms with van der Waals surface area (Å²) in [6.07, 6.45) is 11.6. The Labute approximate surface area is 315 Å². The van der Waals surface area contributed by atoms with Crippen LogP contribution in [0.5, 0.6) is 0 Å².